The van der Waals surface area contributed by atoms with E-state index < -0.39 is 0 Å². The number of benzene rings is 1. The van der Waals surface area contributed by atoms with Crippen molar-refractivity contribution in [3.05, 3.63) is 40.2 Å². The summed E-state index contributed by atoms with van der Waals surface area (Å²) in [4.78, 5) is 18.9. The molecule has 1 aliphatic rings. The molecule has 1 fully saturated rings. The van der Waals surface area contributed by atoms with Gasteiger partial charge in [-0.3, -0.25) is 4.79 Å². The molecule has 0 spiro atoms. The Labute approximate surface area is 152 Å². The van der Waals surface area contributed by atoms with E-state index in [-0.39, 0.29) is 36.8 Å². The monoisotopic (exact) mass is 373 g/mol. The molecule has 0 aliphatic carbocycles. The van der Waals surface area contributed by atoms with Crippen molar-refractivity contribution in [3.8, 4) is 11.3 Å². The van der Waals surface area contributed by atoms with Gasteiger partial charge in [0.1, 0.15) is 0 Å². The van der Waals surface area contributed by atoms with Gasteiger partial charge in [-0.25, -0.2) is 4.98 Å². The molecule has 1 aromatic heterocycles. The third-order valence-electron chi connectivity index (χ3n) is 3.85. The molecule has 2 aromatic rings. The Hall–Kier alpha value is -1.14. The van der Waals surface area contributed by atoms with Gasteiger partial charge in [0.25, 0.3) is 5.91 Å². The average Bonchev–Trinajstić information content (AvgIpc) is 2.94. The number of carbonyl (C=O) groups is 1. The number of nitrogens with two attached hydrogens (primary N) is 1. The highest BCUT2D eigenvalue weighted by Crippen LogP contribution is 2.23. The summed E-state index contributed by atoms with van der Waals surface area (Å²) in [5.41, 5.74) is 8.56. The lowest BCUT2D eigenvalue weighted by Crippen LogP contribution is -2.42. The molecule has 1 aliphatic heterocycles. The quantitative estimate of drug-likeness (QED) is 0.875. The molecule has 1 aromatic carbocycles. The first-order valence-corrected chi connectivity index (χ1v) is 8.09. The maximum absolute atomic E-state index is 12.6. The Balaban J connectivity index is 0.00000132. The van der Waals surface area contributed by atoms with Crippen molar-refractivity contribution in [2.24, 2.45) is 5.73 Å². The SMILES string of the molecule is Cc1nc(-c2cccc(C(=O)N3CCC(N)CC3)c2)cs1.Cl.Cl. The van der Waals surface area contributed by atoms with Crippen LogP contribution in [0.4, 0.5) is 0 Å². The summed E-state index contributed by atoms with van der Waals surface area (Å²) in [6.07, 6.45) is 1.77. The van der Waals surface area contributed by atoms with E-state index in [1.54, 1.807) is 11.3 Å². The van der Waals surface area contributed by atoms with E-state index in [9.17, 15) is 4.79 Å². The van der Waals surface area contributed by atoms with Gasteiger partial charge >= 0.3 is 0 Å². The normalized spacial score (nSPS) is 14.8. The summed E-state index contributed by atoms with van der Waals surface area (Å²) in [6, 6.07) is 7.97. The smallest absolute Gasteiger partial charge is 0.253 e. The fraction of sp³-hybridized carbons (Fsp3) is 0.375. The van der Waals surface area contributed by atoms with E-state index >= 15 is 0 Å². The summed E-state index contributed by atoms with van der Waals surface area (Å²) in [6.45, 7) is 3.49. The number of aryl methyl sites for hydroxylation is 1. The van der Waals surface area contributed by atoms with E-state index in [2.05, 4.69) is 4.98 Å². The highest BCUT2D eigenvalue weighted by atomic mass is 35.5. The second kappa shape index (κ2) is 8.64. The Bertz CT molecular complexity index is 654. The Morgan fingerprint density at radius 1 is 1.30 bits per heavy atom. The Kier molecular flexibility index (Phi) is 7.48. The third kappa shape index (κ3) is 4.67. The van der Waals surface area contributed by atoms with Gasteiger partial charge in [-0.05, 0) is 31.9 Å². The maximum Gasteiger partial charge on any atom is 0.253 e. The van der Waals surface area contributed by atoms with Crippen LogP contribution in [0.25, 0.3) is 11.3 Å². The zero-order chi connectivity index (χ0) is 14.8. The van der Waals surface area contributed by atoms with Crippen molar-refractivity contribution in [1.29, 1.82) is 0 Å². The number of aromatic nitrogens is 1. The van der Waals surface area contributed by atoms with Gasteiger partial charge in [0, 0.05) is 35.6 Å². The van der Waals surface area contributed by atoms with Crippen molar-refractivity contribution < 1.29 is 4.79 Å². The standard InChI is InChI=1S/C16H19N3OS.2ClH/c1-11-18-15(10-21-11)12-3-2-4-13(9-12)16(20)19-7-5-14(17)6-8-19;;/h2-4,9-10,14H,5-8,17H2,1H3;2*1H. The fourth-order valence-corrected chi connectivity index (χ4v) is 3.21. The Morgan fingerprint density at radius 3 is 2.61 bits per heavy atom. The molecule has 0 unspecified atom stereocenters. The zero-order valence-electron chi connectivity index (χ0n) is 12.9. The van der Waals surface area contributed by atoms with Crippen molar-refractivity contribution in [3.63, 3.8) is 0 Å². The summed E-state index contributed by atoms with van der Waals surface area (Å²) < 4.78 is 0. The molecule has 2 heterocycles. The fourth-order valence-electron chi connectivity index (χ4n) is 2.59. The molecule has 7 heteroatoms. The molecule has 3 rings (SSSR count). The minimum absolute atomic E-state index is 0. The lowest BCUT2D eigenvalue weighted by molar-refractivity contribution is 0.0715. The lowest BCUT2D eigenvalue weighted by Gasteiger charge is -2.30. The van der Waals surface area contributed by atoms with Crippen LogP contribution in [0.15, 0.2) is 29.6 Å². The molecule has 0 bridgehead atoms. The number of halogens is 2. The highest BCUT2D eigenvalue weighted by Gasteiger charge is 2.21. The molecular weight excluding hydrogens is 353 g/mol. The molecule has 4 nitrogen and oxygen atoms in total. The number of thiazole rings is 1. The number of likely N-dealkylation sites (tertiary alicyclic amines) is 1. The molecule has 23 heavy (non-hydrogen) atoms. The van der Waals surface area contributed by atoms with E-state index in [0.717, 1.165) is 47.8 Å². The molecule has 126 valence electrons. The van der Waals surface area contributed by atoms with Gasteiger partial charge in [0.05, 0.1) is 10.7 Å². The number of rotatable bonds is 2. The number of piperidine rings is 1. The van der Waals surface area contributed by atoms with Crippen molar-refractivity contribution in [2.45, 2.75) is 25.8 Å². The molecule has 2 N–H and O–H groups in total. The van der Waals surface area contributed by atoms with Gasteiger partial charge < -0.3 is 10.6 Å². The van der Waals surface area contributed by atoms with Crippen molar-refractivity contribution in [2.75, 3.05) is 13.1 Å². The average molecular weight is 374 g/mol. The van der Waals surface area contributed by atoms with E-state index in [1.165, 1.54) is 0 Å². The van der Waals surface area contributed by atoms with E-state index in [0.29, 0.717) is 0 Å². The van der Waals surface area contributed by atoms with Crippen LogP contribution in [0.1, 0.15) is 28.2 Å². The van der Waals surface area contributed by atoms with Crippen LogP contribution in [0.5, 0.6) is 0 Å². The lowest BCUT2D eigenvalue weighted by atomic mass is 10.0. The van der Waals surface area contributed by atoms with Crippen LogP contribution in [0.3, 0.4) is 0 Å². The minimum Gasteiger partial charge on any atom is -0.339 e. The molecule has 1 saturated heterocycles. The number of hydrogen-bond donors (Lipinski definition) is 1. The molecule has 0 atom stereocenters. The topological polar surface area (TPSA) is 59.2 Å². The molecule has 0 radical (unpaired) electrons. The summed E-state index contributed by atoms with van der Waals surface area (Å²) in [5.74, 6) is 0.0932. The predicted molar refractivity (Wildman–Crippen MR) is 99.9 cm³/mol. The van der Waals surface area contributed by atoms with Crippen LogP contribution >= 0.6 is 36.2 Å². The molecule has 1 amide bonds. The van der Waals surface area contributed by atoms with Gasteiger partial charge in [0.15, 0.2) is 0 Å². The van der Waals surface area contributed by atoms with Crippen LogP contribution in [0.2, 0.25) is 0 Å². The molecule has 0 saturated carbocycles. The van der Waals surface area contributed by atoms with Gasteiger partial charge in [0.2, 0.25) is 0 Å². The van der Waals surface area contributed by atoms with Crippen molar-refractivity contribution in [1.82, 2.24) is 9.88 Å². The predicted octanol–water partition coefficient (Wildman–Crippen LogP) is 3.53. The third-order valence-corrected chi connectivity index (χ3v) is 4.62. The number of carbonyl (C=O) groups excluding carboxylic acids is 1. The van der Waals surface area contributed by atoms with Crippen LogP contribution in [-0.2, 0) is 0 Å². The van der Waals surface area contributed by atoms with Crippen molar-refractivity contribution >= 4 is 42.1 Å². The minimum atomic E-state index is 0. The maximum atomic E-state index is 12.6. The zero-order valence-corrected chi connectivity index (χ0v) is 15.3. The second-order valence-corrected chi connectivity index (χ2v) is 6.52. The Morgan fingerprint density at radius 2 is 2.00 bits per heavy atom. The van der Waals surface area contributed by atoms with Crippen LogP contribution in [-0.4, -0.2) is 34.9 Å². The summed E-state index contributed by atoms with van der Waals surface area (Å²) in [7, 11) is 0. The van der Waals surface area contributed by atoms with Gasteiger partial charge in [-0.15, -0.1) is 36.2 Å². The van der Waals surface area contributed by atoms with Gasteiger partial charge in [-0.2, -0.15) is 0 Å². The largest absolute Gasteiger partial charge is 0.339 e. The highest BCUT2D eigenvalue weighted by molar-refractivity contribution is 7.09. The van der Waals surface area contributed by atoms with E-state index in [1.807, 2.05) is 41.5 Å². The molecular formula is C16H21Cl2N3OS. The summed E-state index contributed by atoms with van der Waals surface area (Å²) >= 11 is 1.62. The van der Waals surface area contributed by atoms with Crippen LogP contribution < -0.4 is 5.73 Å². The van der Waals surface area contributed by atoms with Gasteiger partial charge in [-0.1, -0.05) is 12.1 Å². The first-order valence-electron chi connectivity index (χ1n) is 7.21. The van der Waals surface area contributed by atoms with Crippen LogP contribution in [0, 0.1) is 6.92 Å². The number of hydrogen-bond acceptors (Lipinski definition) is 4. The number of nitrogens with zero attached hydrogens (tertiary/aromatic N) is 2. The first kappa shape index (κ1) is 19.9. The van der Waals surface area contributed by atoms with E-state index in [4.69, 9.17) is 5.73 Å². The second-order valence-electron chi connectivity index (χ2n) is 5.46. The first-order chi connectivity index (χ1) is 10.1. The number of amides is 1. The summed E-state index contributed by atoms with van der Waals surface area (Å²) in [5, 5.41) is 3.06.